The highest BCUT2D eigenvalue weighted by Crippen LogP contribution is 2.32. The molecule has 1 amide bonds. The molecule has 2 N–H and O–H groups in total. The Hall–Kier alpha value is -2.69. The molecule has 0 aliphatic heterocycles. The molecule has 0 heterocycles. The van der Waals surface area contributed by atoms with Gasteiger partial charge < -0.3 is 10.4 Å². The quantitative estimate of drug-likeness (QED) is 0.830. The lowest BCUT2D eigenvalue weighted by atomic mass is 9.96. The Morgan fingerprint density at radius 2 is 1.69 bits per heavy atom. The van der Waals surface area contributed by atoms with Crippen LogP contribution < -0.4 is 5.32 Å². The molecule has 5 heteroatoms. The molecule has 0 bridgehead atoms. The highest BCUT2D eigenvalue weighted by molar-refractivity contribution is 5.81. The van der Waals surface area contributed by atoms with Gasteiger partial charge in [0.15, 0.2) is 0 Å². The molecule has 0 saturated heterocycles. The molecular formula is C21H22FNO3. The van der Waals surface area contributed by atoms with Crippen LogP contribution in [0.4, 0.5) is 4.39 Å². The van der Waals surface area contributed by atoms with Crippen molar-refractivity contribution in [2.24, 2.45) is 11.8 Å². The van der Waals surface area contributed by atoms with E-state index in [-0.39, 0.29) is 17.6 Å². The number of carbonyl (C=O) groups excluding carboxylic acids is 1. The Balaban J connectivity index is 1.77. The molecule has 26 heavy (non-hydrogen) atoms. The van der Waals surface area contributed by atoms with Gasteiger partial charge in [-0.05, 0) is 37.3 Å². The lowest BCUT2D eigenvalue weighted by Gasteiger charge is -2.22. The minimum atomic E-state index is -0.852. The SMILES string of the molecule is O=C(O)[C@@H]1CC[C@H](C(=O)NC(Cc2ccccc2)c2ccccc2F)C1. The highest BCUT2D eigenvalue weighted by atomic mass is 19.1. The second kappa shape index (κ2) is 8.13. The van der Waals surface area contributed by atoms with Crippen molar-refractivity contribution in [2.45, 2.75) is 31.7 Å². The highest BCUT2D eigenvalue weighted by Gasteiger charge is 2.34. The number of benzene rings is 2. The number of halogens is 1. The molecule has 2 aromatic carbocycles. The maximum Gasteiger partial charge on any atom is 0.306 e. The Morgan fingerprint density at radius 1 is 1.04 bits per heavy atom. The second-order valence-electron chi connectivity index (χ2n) is 6.82. The van der Waals surface area contributed by atoms with Gasteiger partial charge in [-0.15, -0.1) is 0 Å². The van der Waals surface area contributed by atoms with E-state index in [4.69, 9.17) is 5.11 Å². The molecule has 0 spiro atoms. The summed E-state index contributed by atoms with van der Waals surface area (Å²) in [7, 11) is 0. The van der Waals surface area contributed by atoms with Crippen LogP contribution in [0.5, 0.6) is 0 Å². The first-order valence-corrected chi connectivity index (χ1v) is 8.86. The summed E-state index contributed by atoms with van der Waals surface area (Å²) in [5.74, 6) is -2.20. The van der Waals surface area contributed by atoms with E-state index in [1.807, 2.05) is 30.3 Å². The lowest BCUT2D eigenvalue weighted by molar-refractivity contribution is -0.141. The molecule has 0 aromatic heterocycles. The van der Waals surface area contributed by atoms with E-state index in [9.17, 15) is 14.0 Å². The second-order valence-corrected chi connectivity index (χ2v) is 6.82. The van der Waals surface area contributed by atoms with Crippen LogP contribution in [0.2, 0.25) is 0 Å². The van der Waals surface area contributed by atoms with Crippen molar-refractivity contribution >= 4 is 11.9 Å². The number of amides is 1. The molecule has 3 atom stereocenters. The summed E-state index contributed by atoms with van der Waals surface area (Å²) >= 11 is 0. The summed E-state index contributed by atoms with van der Waals surface area (Å²) in [6.07, 6.45) is 1.88. The monoisotopic (exact) mass is 355 g/mol. The van der Waals surface area contributed by atoms with Gasteiger partial charge in [0, 0.05) is 11.5 Å². The van der Waals surface area contributed by atoms with E-state index in [1.165, 1.54) is 6.07 Å². The number of nitrogens with one attached hydrogen (secondary N) is 1. The average molecular weight is 355 g/mol. The molecular weight excluding hydrogens is 333 g/mol. The predicted octanol–water partition coefficient (Wildman–Crippen LogP) is 3.73. The van der Waals surface area contributed by atoms with E-state index in [0.717, 1.165) is 5.56 Å². The number of carboxylic acids is 1. The van der Waals surface area contributed by atoms with Crippen molar-refractivity contribution < 1.29 is 19.1 Å². The molecule has 136 valence electrons. The van der Waals surface area contributed by atoms with Gasteiger partial charge in [0.25, 0.3) is 0 Å². The lowest BCUT2D eigenvalue weighted by Crippen LogP contribution is -2.35. The number of rotatable bonds is 6. The molecule has 1 fully saturated rings. The fraction of sp³-hybridized carbons (Fsp3) is 0.333. The largest absolute Gasteiger partial charge is 0.481 e. The molecule has 1 aliphatic rings. The van der Waals surface area contributed by atoms with Gasteiger partial charge >= 0.3 is 5.97 Å². The molecule has 1 unspecified atom stereocenters. The van der Waals surface area contributed by atoms with Crippen molar-refractivity contribution in [3.8, 4) is 0 Å². The van der Waals surface area contributed by atoms with Crippen molar-refractivity contribution in [3.05, 3.63) is 71.5 Å². The van der Waals surface area contributed by atoms with Crippen LogP contribution in [0.15, 0.2) is 54.6 Å². The van der Waals surface area contributed by atoms with Crippen molar-refractivity contribution in [1.29, 1.82) is 0 Å². The summed E-state index contributed by atoms with van der Waals surface area (Å²) in [5, 5.41) is 12.1. The number of hydrogen-bond donors (Lipinski definition) is 2. The van der Waals surface area contributed by atoms with E-state index in [0.29, 0.717) is 31.2 Å². The van der Waals surface area contributed by atoms with Crippen LogP contribution in [-0.4, -0.2) is 17.0 Å². The zero-order valence-corrected chi connectivity index (χ0v) is 14.4. The van der Waals surface area contributed by atoms with E-state index < -0.39 is 17.9 Å². The van der Waals surface area contributed by atoms with Crippen molar-refractivity contribution in [3.63, 3.8) is 0 Å². The fourth-order valence-electron chi connectivity index (χ4n) is 3.58. The van der Waals surface area contributed by atoms with Crippen LogP contribution >= 0.6 is 0 Å². The zero-order chi connectivity index (χ0) is 18.5. The average Bonchev–Trinajstić information content (AvgIpc) is 3.13. The molecule has 2 aromatic rings. The minimum Gasteiger partial charge on any atom is -0.481 e. The first-order valence-electron chi connectivity index (χ1n) is 8.86. The van der Waals surface area contributed by atoms with Crippen molar-refractivity contribution in [1.82, 2.24) is 5.32 Å². The molecule has 4 nitrogen and oxygen atoms in total. The van der Waals surface area contributed by atoms with Gasteiger partial charge in [0.1, 0.15) is 5.82 Å². The van der Waals surface area contributed by atoms with E-state index >= 15 is 0 Å². The van der Waals surface area contributed by atoms with Gasteiger partial charge in [-0.3, -0.25) is 9.59 Å². The summed E-state index contributed by atoms with van der Waals surface area (Å²) in [5.41, 5.74) is 1.44. The first kappa shape index (κ1) is 18.1. The Kier molecular flexibility index (Phi) is 5.66. The van der Waals surface area contributed by atoms with Crippen molar-refractivity contribution in [2.75, 3.05) is 0 Å². The molecule has 3 rings (SSSR count). The maximum absolute atomic E-state index is 14.3. The van der Waals surface area contributed by atoms with Gasteiger partial charge in [-0.2, -0.15) is 0 Å². The molecule has 1 aliphatic carbocycles. The Labute approximate surface area is 152 Å². The summed E-state index contributed by atoms with van der Waals surface area (Å²) < 4.78 is 14.3. The third-order valence-corrected chi connectivity index (χ3v) is 5.03. The predicted molar refractivity (Wildman–Crippen MR) is 95.9 cm³/mol. The third-order valence-electron chi connectivity index (χ3n) is 5.03. The summed E-state index contributed by atoms with van der Waals surface area (Å²) in [6.45, 7) is 0. The van der Waals surface area contributed by atoms with Gasteiger partial charge in [-0.1, -0.05) is 48.5 Å². The number of aliphatic carboxylic acids is 1. The molecule has 0 radical (unpaired) electrons. The number of carboxylic acid groups (broad SMARTS) is 1. The van der Waals surface area contributed by atoms with Gasteiger partial charge in [0.2, 0.25) is 5.91 Å². The first-order chi connectivity index (χ1) is 12.5. The Bertz CT molecular complexity index is 778. The van der Waals surface area contributed by atoms with E-state index in [1.54, 1.807) is 18.2 Å². The van der Waals surface area contributed by atoms with Crippen LogP contribution in [0.25, 0.3) is 0 Å². The Morgan fingerprint density at radius 3 is 2.35 bits per heavy atom. The van der Waals surface area contributed by atoms with E-state index in [2.05, 4.69) is 5.32 Å². The fourth-order valence-corrected chi connectivity index (χ4v) is 3.58. The zero-order valence-electron chi connectivity index (χ0n) is 14.4. The summed E-state index contributed by atoms with van der Waals surface area (Å²) in [4.78, 5) is 23.8. The van der Waals surface area contributed by atoms with Crippen LogP contribution in [0, 0.1) is 17.7 Å². The number of carbonyl (C=O) groups is 2. The minimum absolute atomic E-state index is 0.196. The van der Waals surface area contributed by atoms with Crippen LogP contribution in [0.3, 0.4) is 0 Å². The van der Waals surface area contributed by atoms with Gasteiger partial charge in [-0.25, -0.2) is 4.39 Å². The number of hydrogen-bond acceptors (Lipinski definition) is 2. The summed E-state index contributed by atoms with van der Waals surface area (Å²) in [6, 6.07) is 15.5. The third kappa shape index (κ3) is 4.28. The standard InChI is InChI=1S/C21H22FNO3/c22-18-9-5-4-8-17(18)19(12-14-6-2-1-3-7-14)23-20(24)15-10-11-16(13-15)21(25)26/h1-9,15-16,19H,10-13H2,(H,23,24)(H,25,26)/t15-,16+,19?/m0/s1. The van der Waals surface area contributed by atoms with Crippen LogP contribution in [-0.2, 0) is 16.0 Å². The normalized spacial score (nSPS) is 20.5. The topological polar surface area (TPSA) is 66.4 Å². The maximum atomic E-state index is 14.3. The molecule has 1 saturated carbocycles. The smallest absolute Gasteiger partial charge is 0.306 e. The van der Waals surface area contributed by atoms with Crippen LogP contribution in [0.1, 0.15) is 36.4 Å². The van der Waals surface area contributed by atoms with Gasteiger partial charge in [0.05, 0.1) is 12.0 Å².